The number of nitrogens with zero attached hydrogens (tertiary/aromatic N) is 1. The highest BCUT2D eigenvalue weighted by Gasteiger charge is 2.16. The van der Waals surface area contributed by atoms with E-state index in [9.17, 15) is 4.79 Å². The molecule has 4 heteroatoms. The molecule has 0 radical (unpaired) electrons. The van der Waals surface area contributed by atoms with Gasteiger partial charge in [0.15, 0.2) is 5.78 Å². The molecule has 0 fully saturated rings. The minimum Gasteiger partial charge on any atom is -0.373 e. The van der Waals surface area contributed by atoms with Gasteiger partial charge in [-0.15, -0.1) is 0 Å². The van der Waals surface area contributed by atoms with E-state index in [1.807, 2.05) is 6.92 Å². The van der Waals surface area contributed by atoms with Crippen molar-refractivity contribution in [2.24, 2.45) is 5.92 Å². The van der Waals surface area contributed by atoms with Gasteiger partial charge in [-0.05, 0) is 44.6 Å². The maximum Gasteiger partial charge on any atom is 0.164 e. The monoisotopic (exact) mass is 268 g/mol. The predicted molar refractivity (Wildman–Crippen MR) is 78.6 cm³/mol. The molecule has 0 saturated heterocycles. The Labute approximate surface area is 114 Å². The van der Waals surface area contributed by atoms with Crippen molar-refractivity contribution >= 4 is 22.3 Å². The van der Waals surface area contributed by atoms with Crippen LogP contribution in [0.5, 0.6) is 0 Å². The highest BCUT2D eigenvalue weighted by molar-refractivity contribution is 7.10. The number of hydrogen-bond acceptors (Lipinski definition) is 4. The van der Waals surface area contributed by atoms with Crippen LogP contribution in [-0.4, -0.2) is 16.2 Å². The molecule has 0 aliphatic carbocycles. The molecule has 0 saturated carbocycles. The van der Waals surface area contributed by atoms with E-state index >= 15 is 0 Å². The maximum absolute atomic E-state index is 11.6. The molecule has 1 aromatic heterocycles. The van der Waals surface area contributed by atoms with Crippen molar-refractivity contribution in [1.82, 2.24) is 4.37 Å². The average Bonchev–Trinajstić information content (AvgIpc) is 2.58. The van der Waals surface area contributed by atoms with Crippen LogP contribution in [0.2, 0.25) is 0 Å². The third-order valence-electron chi connectivity index (χ3n) is 3.01. The first-order valence-corrected chi connectivity index (χ1v) is 7.43. The zero-order valence-corrected chi connectivity index (χ0v) is 12.9. The summed E-state index contributed by atoms with van der Waals surface area (Å²) in [5.74, 6) is 0.855. The number of rotatable bonds is 7. The van der Waals surface area contributed by atoms with Crippen LogP contribution >= 0.6 is 11.5 Å². The summed E-state index contributed by atoms with van der Waals surface area (Å²) in [5, 5.41) is 4.35. The summed E-state index contributed by atoms with van der Waals surface area (Å²) in [6, 6.07) is 0.390. The van der Waals surface area contributed by atoms with Gasteiger partial charge in [0.2, 0.25) is 0 Å². The van der Waals surface area contributed by atoms with E-state index in [1.165, 1.54) is 24.4 Å². The highest BCUT2D eigenvalue weighted by atomic mass is 32.1. The third kappa shape index (κ3) is 4.41. The van der Waals surface area contributed by atoms with Crippen molar-refractivity contribution in [3.05, 3.63) is 11.3 Å². The second-order valence-electron chi connectivity index (χ2n) is 5.40. The Balaban J connectivity index is 2.54. The number of carbonyl (C=O) groups excluding carboxylic acids is 1. The van der Waals surface area contributed by atoms with E-state index in [0.717, 1.165) is 28.6 Å². The van der Waals surface area contributed by atoms with E-state index in [2.05, 4.69) is 30.5 Å². The molecule has 102 valence electrons. The fourth-order valence-electron chi connectivity index (χ4n) is 2.01. The molecular weight excluding hydrogens is 244 g/mol. The Morgan fingerprint density at radius 2 is 2.00 bits per heavy atom. The Kier molecular flexibility index (Phi) is 5.79. The fourth-order valence-corrected chi connectivity index (χ4v) is 2.97. The maximum atomic E-state index is 11.6. The molecule has 0 aliphatic rings. The van der Waals surface area contributed by atoms with E-state index in [0.29, 0.717) is 6.04 Å². The topological polar surface area (TPSA) is 42.0 Å². The molecular formula is C14H24N2OS. The summed E-state index contributed by atoms with van der Waals surface area (Å²) in [7, 11) is 0. The number of ketones is 1. The summed E-state index contributed by atoms with van der Waals surface area (Å²) in [5.41, 5.74) is 1.60. The quantitative estimate of drug-likeness (QED) is 0.750. The largest absolute Gasteiger partial charge is 0.373 e. The van der Waals surface area contributed by atoms with Crippen molar-refractivity contribution in [3.8, 4) is 0 Å². The van der Waals surface area contributed by atoms with Crippen molar-refractivity contribution in [3.63, 3.8) is 0 Å². The van der Waals surface area contributed by atoms with E-state index in [4.69, 9.17) is 0 Å². The van der Waals surface area contributed by atoms with Crippen LogP contribution < -0.4 is 5.32 Å². The van der Waals surface area contributed by atoms with Gasteiger partial charge < -0.3 is 5.32 Å². The lowest BCUT2D eigenvalue weighted by atomic mass is 10.0. The van der Waals surface area contributed by atoms with Gasteiger partial charge in [0.25, 0.3) is 0 Å². The summed E-state index contributed by atoms with van der Waals surface area (Å²) in [6.45, 7) is 10.2. The molecule has 1 heterocycles. The van der Waals surface area contributed by atoms with Crippen LogP contribution in [-0.2, 0) is 0 Å². The van der Waals surface area contributed by atoms with Gasteiger partial charge in [0, 0.05) is 6.04 Å². The van der Waals surface area contributed by atoms with E-state index in [1.54, 1.807) is 6.92 Å². The predicted octanol–water partition coefficient (Wildman–Crippen LogP) is 4.28. The molecule has 18 heavy (non-hydrogen) atoms. The molecule has 1 rings (SSSR count). The van der Waals surface area contributed by atoms with E-state index < -0.39 is 0 Å². The Bertz CT molecular complexity index is 398. The molecule has 1 N–H and O–H groups in total. The number of aryl methyl sites for hydroxylation is 1. The Hall–Kier alpha value is -0.900. The summed E-state index contributed by atoms with van der Waals surface area (Å²) >= 11 is 1.39. The summed E-state index contributed by atoms with van der Waals surface area (Å²) in [4.78, 5) is 11.6. The van der Waals surface area contributed by atoms with Crippen LogP contribution in [0, 0.1) is 12.8 Å². The lowest BCUT2D eigenvalue weighted by Gasteiger charge is -2.15. The molecule has 0 spiro atoms. The first-order valence-electron chi connectivity index (χ1n) is 6.65. The molecule has 1 atom stereocenters. The number of Topliss-reactive ketones (excluding diaryl/α,β-unsaturated/α-hetero) is 1. The van der Waals surface area contributed by atoms with Crippen LogP contribution in [0.25, 0.3) is 0 Å². The molecule has 3 nitrogen and oxygen atoms in total. The smallest absolute Gasteiger partial charge is 0.164 e. The number of nitrogens with one attached hydrogen (secondary N) is 1. The third-order valence-corrected chi connectivity index (χ3v) is 3.88. The summed E-state index contributed by atoms with van der Waals surface area (Å²) < 4.78 is 4.26. The van der Waals surface area contributed by atoms with Gasteiger partial charge in [0.1, 0.15) is 5.00 Å². The Morgan fingerprint density at radius 3 is 2.56 bits per heavy atom. The van der Waals surface area contributed by atoms with Gasteiger partial charge in [0.05, 0.1) is 11.3 Å². The number of anilines is 1. The molecule has 1 unspecified atom stereocenters. The van der Waals surface area contributed by atoms with Crippen LogP contribution in [0.1, 0.15) is 63.0 Å². The summed E-state index contributed by atoms with van der Waals surface area (Å²) in [6.07, 6.45) is 3.61. The van der Waals surface area contributed by atoms with Crippen molar-refractivity contribution in [1.29, 1.82) is 0 Å². The Morgan fingerprint density at radius 1 is 1.33 bits per heavy atom. The highest BCUT2D eigenvalue weighted by Crippen LogP contribution is 2.26. The number of aromatic nitrogens is 1. The van der Waals surface area contributed by atoms with Crippen molar-refractivity contribution < 1.29 is 4.79 Å². The van der Waals surface area contributed by atoms with E-state index in [-0.39, 0.29) is 5.78 Å². The molecule has 0 aliphatic heterocycles. The second kappa shape index (κ2) is 6.88. The lowest BCUT2D eigenvalue weighted by molar-refractivity contribution is 0.101. The van der Waals surface area contributed by atoms with Crippen LogP contribution in [0.15, 0.2) is 0 Å². The fraction of sp³-hybridized carbons (Fsp3) is 0.714. The van der Waals surface area contributed by atoms with Gasteiger partial charge in [-0.2, -0.15) is 4.37 Å². The van der Waals surface area contributed by atoms with Crippen LogP contribution in [0.4, 0.5) is 5.00 Å². The zero-order chi connectivity index (χ0) is 13.7. The van der Waals surface area contributed by atoms with Gasteiger partial charge in [-0.3, -0.25) is 4.79 Å². The van der Waals surface area contributed by atoms with Crippen LogP contribution in [0.3, 0.4) is 0 Å². The number of carbonyl (C=O) groups is 1. The minimum absolute atomic E-state index is 0.0955. The first kappa shape index (κ1) is 15.2. The zero-order valence-electron chi connectivity index (χ0n) is 12.0. The molecule has 1 aromatic rings. The first-order chi connectivity index (χ1) is 8.41. The SMILES string of the molecule is CC(=O)c1c(C)nsc1NC(C)CCCC(C)C. The standard InChI is InChI=1S/C14H24N2OS/c1-9(2)7-6-8-10(3)15-14-13(12(5)17)11(4)16-18-14/h9-10,15H,6-8H2,1-5H3. The molecule has 0 amide bonds. The molecule has 0 aromatic carbocycles. The molecule has 0 bridgehead atoms. The normalized spacial score (nSPS) is 12.8. The van der Waals surface area contributed by atoms with Gasteiger partial charge in [-0.1, -0.05) is 26.7 Å². The number of hydrogen-bond donors (Lipinski definition) is 1. The second-order valence-corrected chi connectivity index (χ2v) is 6.17. The lowest BCUT2D eigenvalue weighted by Crippen LogP contribution is -2.16. The average molecular weight is 268 g/mol. The van der Waals surface area contributed by atoms with Gasteiger partial charge >= 0.3 is 0 Å². The minimum atomic E-state index is 0.0955. The van der Waals surface area contributed by atoms with Crippen molar-refractivity contribution in [2.75, 3.05) is 5.32 Å². The van der Waals surface area contributed by atoms with Crippen molar-refractivity contribution in [2.45, 2.75) is 59.9 Å². The van der Waals surface area contributed by atoms with Gasteiger partial charge in [-0.25, -0.2) is 0 Å².